The molecule has 0 aliphatic heterocycles. The predicted molar refractivity (Wildman–Crippen MR) is 163 cm³/mol. The van der Waals surface area contributed by atoms with Crippen LogP contribution in [-0.2, 0) is 10.1 Å². The van der Waals surface area contributed by atoms with Crippen molar-refractivity contribution in [2.75, 3.05) is 0 Å². The molecule has 0 bridgehead atoms. The predicted octanol–water partition coefficient (Wildman–Crippen LogP) is 8.71. The van der Waals surface area contributed by atoms with E-state index in [4.69, 9.17) is 0 Å². The minimum atomic E-state index is -4.61. The normalized spacial score (nSPS) is 15.3. The summed E-state index contributed by atoms with van der Waals surface area (Å²) in [7, 11) is -4.61. The molecule has 3 aromatic rings. The van der Waals surface area contributed by atoms with E-state index in [1.165, 1.54) is 12.1 Å². The average Bonchev–Trinajstić information content (AvgIpc) is 2.96. The summed E-state index contributed by atoms with van der Waals surface area (Å²) in [4.78, 5) is -0.387. The van der Waals surface area contributed by atoms with Gasteiger partial charge in [0, 0.05) is 16.3 Å². The Morgan fingerprint density at radius 3 is 1.88 bits per heavy atom. The average molecular weight is 585 g/mol. The van der Waals surface area contributed by atoms with E-state index >= 15 is 0 Å². The summed E-state index contributed by atoms with van der Waals surface area (Å²) in [6.45, 7) is 8.33. The van der Waals surface area contributed by atoms with Crippen LogP contribution in [0.4, 0.5) is 11.4 Å². The Kier molecular flexibility index (Phi) is 11.8. The molecule has 9 heteroatoms. The van der Waals surface area contributed by atoms with Crippen LogP contribution in [0.15, 0.2) is 63.7 Å². The summed E-state index contributed by atoms with van der Waals surface area (Å²) in [5.74, 6) is -0.219. The van der Waals surface area contributed by atoms with Gasteiger partial charge in [-0.05, 0) is 48.4 Å². The van der Waals surface area contributed by atoms with Crippen molar-refractivity contribution in [2.45, 2.75) is 96.2 Å². The van der Waals surface area contributed by atoms with E-state index in [0.717, 1.165) is 57.4 Å². The number of aliphatic hydroxyl groups excluding tert-OH is 2. The van der Waals surface area contributed by atoms with E-state index in [9.17, 15) is 28.3 Å². The first-order valence-corrected chi connectivity index (χ1v) is 16.1. The zero-order valence-corrected chi connectivity index (χ0v) is 25.3. The summed E-state index contributed by atoms with van der Waals surface area (Å²) in [5.41, 5.74) is 1.44. The minimum absolute atomic E-state index is 0.0291. The fraction of sp³-hybridized carbons (Fsp3) is 0.500. The van der Waals surface area contributed by atoms with E-state index in [0.29, 0.717) is 16.8 Å². The third-order valence-corrected chi connectivity index (χ3v) is 8.91. The summed E-state index contributed by atoms with van der Waals surface area (Å²) in [6, 6.07) is 12.6. The lowest BCUT2D eigenvalue weighted by Crippen LogP contribution is -2.15. The fourth-order valence-corrected chi connectivity index (χ4v) is 6.14. The van der Waals surface area contributed by atoms with Gasteiger partial charge in [-0.25, -0.2) is 0 Å². The van der Waals surface area contributed by atoms with Crippen LogP contribution in [0.25, 0.3) is 10.8 Å². The number of aliphatic hydroxyl groups is 2. The molecule has 0 aliphatic carbocycles. The van der Waals surface area contributed by atoms with Crippen molar-refractivity contribution in [3.8, 4) is 5.75 Å². The summed E-state index contributed by atoms with van der Waals surface area (Å²) in [6.07, 6.45) is 5.79. The molecule has 0 amide bonds. The standard InChI is InChI=1S/C32H44N2O6S/c1-5-9-13-21(7-3)30(35)23-17-18-27(26(19-23)31(36)22(8-4)14-10-6-2)33-34-28-20-29(41(38,39)40)24-15-11-12-16-25(24)32(28)37/h11-12,15-22,30-31,35-37H,5-10,13-14H2,1-4H3,(H,38,39,40). The van der Waals surface area contributed by atoms with Gasteiger partial charge in [0.2, 0.25) is 0 Å². The first-order chi connectivity index (χ1) is 19.6. The van der Waals surface area contributed by atoms with Crippen molar-refractivity contribution >= 4 is 32.3 Å². The number of unbranched alkanes of at least 4 members (excludes halogenated alkanes) is 2. The van der Waals surface area contributed by atoms with Gasteiger partial charge in [0.15, 0.2) is 5.75 Å². The molecule has 0 saturated carbocycles. The van der Waals surface area contributed by atoms with Gasteiger partial charge >= 0.3 is 0 Å². The number of fused-ring (bicyclic) bond motifs is 1. The molecule has 0 radical (unpaired) electrons. The Morgan fingerprint density at radius 1 is 0.756 bits per heavy atom. The highest BCUT2D eigenvalue weighted by Crippen LogP contribution is 2.42. The number of aromatic hydroxyl groups is 1. The zero-order chi connectivity index (χ0) is 30.2. The number of benzene rings is 3. The molecule has 3 aromatic carbocycles. The Labute approximate surface area is 243 Å². The van der Waals surface area contributed by atoms with Crippen molar-refractivity contribution in [2.24, 2.45) is 22.1 Å². The van der Waals surface area contributed by atoms with E-state index in [-0.39, 0.29) is 38.9 Å². The van der Waals surface area contributed by atoms with Gasteiger partial charge in [-0.2, -0.15) is 13.5 Å². The highest BCUT2D eigenvalue weighted by Gasteiger charge is 2.26. The maximum absolute atomic E-state index is 12.1. The van der Waals surface area contributed by atoms with Gasteiger partial charge in [-0.1, -0.05) is 96.6 Å². The Hall–Kier alpha value is -2.85. The van der Waals surface area contributed by atoms with Crippen molar-refractivity contribution in [1.29, 1.82) is 0 Å². The van der Waals surface area contributed by atoms with Crippen LogP contribution in [0, 0.1) is 11.8 Å². The van der Waals surface area contributed by atoms with E-state index in [1.54, 1.807) is 30.3 Å². The summed E-state index contributed by atoms with van der Waals surface area (Å²) in [5, 5.41) is 42.6. The Balaban J connectivity index is 2.13. The molecule has 0 aromatic heterocycles. The van der Waals surface area contributed by atoms with Gasteiger partial charge in [-0.3, -0.25) is 4.55 Å². The number of hydrogen-bond donors (Lipinski definition) is 4. The molecule has 8 nitrogen and oxygen atoms in total. The van der Waals surface area contributed by atoms with E-state index in [2.05, 4.69) is 31.0 Å². The molecule has 0 fully saturated rings. The second kappa shape index (κ2) is 14.9. The van der Waals surface area contributed by atoms with Crippen LogP contribution in [0.1, 0.15) is 102 Å². The minimum Gasteiger partial charge on any atom is -0.505 e. The summed E-state index contributed by atoms with van der Waals surface area (Å²) < 4.78 is 34.1. The van der Waals surface area contributed by atoms with Crippen molar-refractivity contribution in [3.05, 3.63) is 59.7 Å². The van der Waals surface area contributed by atoms with Gasteiger partial charge in [0.05, 0.1) is 17.9 Å². The lowest BCUT2D eigenvalue weighted by molar-refractivity contribution is 0.0933. The number of nitrogens with zero attached hydrogens (tertiary/aromatic N) is 2. The largest absolute Gasteiger partial charge is 0.505 e. The van der Waals surface area contributed by atoms with Gasteiger partial charge < -0.3 is 15.3 Å². The topological polar surface area (TPSA) is 140 Å². The molecule has 4 unspecified atom stereocenters. The molecular weight excluding hydrogens is 540 g/mol. The lowest BCUT2D eigenvalue weighted by Gasteiger charge is -2.26. The maximum atomic E-state index is 12.1. The molecule has 0 spiro atoms. The Morgan fingerprint density at radius 2 is 1.32 bits per heavy atom. The molecule has 41 heavy (non-hydrogen) atoms. The number of phenolic OH excluding ortho intramolecular Hbond substituents is 1. The highest BCUT2D eigenvalue weighted by atomic mass is 32.2. The zero-order valence-electron chi connectivity index (χ0n) is 24.5. The molecule has 3 rings (SSSR count). The monoisotopic (exact) mass is 584 g/mol. The van der Waals surface area contributed by atoms with Gasteiger partial charge in [-0.15, -0.1) is 5.11 Å². The SMILES string of the molecule is CCCCC(CC)C(O)c1ccc(N=Nc2cc(S(=O)(=O)O)c3ccccc3c2O)c(C(O)C(CC)CCCC)c1. The number of hydrogen-bond acceptors (Lipinski definition) is 7. The molecule has 0 saturated heterocycles. The molecule has 224 valence electrons. The van der Waals surface area contributed by atoms with Crippen LogP contribution in [-0.4, -0.2) is 28.3 Å². The molecule has 0 aliphatic rings. The van der Waals surface area contributed by atoms with Crippen LogP contribution in [0.2, 0.25) is 0 Å². The van der Waals surface area contributed by atoms with Crippen LogP contribution >= 0.6 is 0 Å². The van der Waals surface area contributed by atoms with Crippen LogP contribution in [0.5, 0.6) is 5.75 Å². The van der Waals surface area contributed by atoms with Crippen molar-refractivity contribution < 1.29 is 28.3 Å². The highest BCUT2D eigenvalue weighted by molar-refractivity contribution is 7.86. The first kappa shape index (κ1) is 32.7. The van der Waals surface area contributed by atoms with Crippen LogP contribution in [0.3, 0.4) is 0 Å². The number of phenols is 1. The Bertz CT molecular complexity index is 1440. The second-order valence-corrected chi connectivity index (χ2v) is 12.2. The molecule has 0 heterocycles. The first-order valence-electron chi connectivity index (χ1n) is 14.7. The van der Waals surface area contributed by atoms with Crippen LogP contribution < -0.4 is 0 Å². The van der Waals surface area contributed by atoms with Crippen molar-refractivity contribution in [1.82, 2.24) is 0 Å². The summed E-state index contributed by atoms with van der Waals surface area (Å²) >= 11 is 0. The lowest BCUT2D eigenvalue weighted by atomic mass is 9.85. The third-order valence-electron chi connectivity index (χ3n) is 8.01. The second-order valence-electron chi connectivity index (χ2n) is 10.8. The van der Waals surface area contributed by atoms with E-state index in [1.807, 2.05) is 6.92 Å². The molecular formula is C32H44N2O6S. The smallest absolute Gasteiger partial charge is 0.295 e. The maximum Gasteiger partial charge on any atom is 0.295 e. The number of rotatable bonds is 15. The van der Waals surface area contributed by atoms with Crippen molar-refractivity contribution in [3.63, 3.8) is 0 Å². The fourth-order valence-electron chi connectivity index (χ4n) is 5.42. The van der Waals surface area contributed by atoms with E-state index < -0.39 is 22.3 Å². The molecule has 4 N–H and O–H groups in total. The van der Waals surface area contributed by atoms with Gasteiger partial charge in [0.1, 0.15) is 10.6 Å². The quantitative estimate of drug-likeness (QED) is 0.104. The molecule has 4 atom stereocenters. The number of azo groups is 1. The third kappa shape index (κ3) is 7.92. The van der Waals surface area contributed by atoms with Gasteiger partial charge in [0.25, 0.3) is 10.1 Å².